The van der Waals surface area contributed by atoms with Crippen molar-refractivity contribution < 1.29 is 8.78 Å². The van der Waals surface area contributed by atoms with E-state index in [9.17, 15) is 8.78 Å². The largest absolute Gasteiger partial charge is 0.310 e. The predicted octanol–water partition coefficient (Wildman–Crippen LogP) is 4.82. The van der Waals surface area contributed by atoms with E-state index in [4.69, 9.17) is 11.6 Å². The van der Waals surface area contributed by atoms with Gasteiger partial charge in [-0.1, -0.05) is 30.7 Å². The normalized spacial score (nSPS) is 12.4. The van der Waals surface area contributed by atoms with Crippen LogP contribution in [0.3, 0.4) is 0 Å². The van der Waals surface area contributed by atoms with Crippen LogP contribution in [-0.4, -0.2) is 6.54 Å². The number of hydrogen-bond donors (Lipinski definition) is 1. The number of halogens is 3. The lowest BCUT2D eigenvalue weighted by Crippen LogP contribution is -2.24. The molecule has 0 spiro atoms. The first-order chi connectivity index (χ1) is 10.0. The first-order valence-electron chi connectivity index (χ1n) is 6.94. The van der Waals surface area contributed by atoms with Gasteiger partial charge in [-0.25, -0.2) is 8.78 Å². The number of nitrogens with one attached hydrogen (secondary N) is 1. The molecule has 21 heavy (non-hydrogen) atoms. The van der Waals surface area contributed by atoms with E-state index in [1.165, 1.54) is 18.2 Å². The molecule has 4 heteroatoms. The van der Waals surface area contributed by atoms with Gasteiger partial charge in [-0.3, -0.25) is 0 Å². The molecule has 0 fully saturated rings. The second-order valence-corrected chi connectivity index (χ2v) is 5.51. The van der Waals surface area contributed by atoms with Crippen molar-refractivity contribution in [1.82, 2.24) is 5.32 Å². The molecule has 2 aromatic rings. The number of likely N-dealkylation sites (N-methyl/N-ethyl adjacent to an activating group) is 1. The Morgan fingerprint density at radius 1 is 1.10 bits per heavy atom. The summed E-state index contributed by atoms with van der Waals surface area (Å²) in [6.07, 6.45) is 0.347. The van der Waals surface area contributed by atoms with Crippen LogP contribution in [0.1, 0.15) is 29.7 Å². The molecule has 1 nitrogen and oxygen atoms in total. The molecule has 0 radical (unpaired) electrons. The molecule has 1 N–H and O–H groups in total. The summed E-state index contributed by atoms with van der Waals surface area (Å²) in [5.74, 6) is -0.599. The average Bonchev–Trinajstić information content (AvgIpc) is 2.42. The van der Waals surface area contributed by atoms with E-state index in [1.54, 1.807) is 12.1 Å². The standard InChI is InChI=1S/C17H18ClF2N/c1-3-21-17(14-6-4-11(2)8-16(14)20)10-12-9-13(18)5-7-15(12)19/h4-9,17,21H,3,10H2,1-2H3. The van der Waals surface area contributed by atoms with Gasteiger partial charge in [0, 0.05) is 16.6 Å². The summed E-state index contributed by atoms with van der Waals surface area (Å²) in [4.78, 5) is 0. The summed E-state index contributed by atoms with van der Waals surface area (Å²) in [6.45, 7) is 4.44. The van der Waals surface area contributed by atoms with Crippen LogP contribution in [-0.2, 0) is 6.42 Å². The second kappa shape index (κ2) is 7.01. The number of benzene rings is 2. The van der Waals surface area contributed by atoms with Crippen LogP contribution in [0.25, 0.3) is 0 Å². The average molecular weight is 310 g/mol. The number of hydrogen-bond acceptors (Lipinski definition) is 1. The van der Waals surface area contributed by atoms with Crippen molar-refractivity contribution in [3.05, 3.63) is 69.7 Å². The minimum absolute atomic E-state index is 0.275. The predicted molar refractivity (Wildman–Crippen MR) is 82.7 cm³/mol. The summed E-state index contributed by atoms with van der Waals surface area (Å²) < 4.78 is 28.0. The van der Waals surface area contributed by atoms with E-state index in [0.29, 0.717) is 29.1 Å². The molecular weight excluding hydrogens is 292 g/mol. The molecule has 0 heterocycles. The second-order valence-electron chi connectivity index (χ2n) is 5.08. The third-order valence-electron chi connectivity index (χ3n) is 3.41. The van der Waals surface area contributed by atoms with Crippen molar-refractivity contribution in [3.63, 3.8) is 0 Å². The van der Waals surface area contributed by atoms with Crippen LogP contribution in [0.5, 0.6) is 0 Å². The van der Waals surface area contributed by atoms with Crippen molar-refractivity contribution in [3.8, 4) is 0 Å². The lowest BCUT2D eigenvalue weighted by Gasteiger charge is -2.20. The zero-order valence-corrected chi connectivity index (χ0v) is 12.8. The van der Waals surface area contributed by atoms with Crippen LogP contribution in [0.4, 0.5) is 8.78 Å². The van der Waals surface area contributed by atoms with Crippen molar-refractivity contribution in [1.29, 1.82) is 0 Å². The highest BCUT2D eigenvalue weighted by molar-refractivity contribution is 6.30. The van der Waals surface area contributed by atoms with Crippen molar-refractivity contribution in [2.45, 2.75) is 26.3 Å². The fraction of sp³-hybridized carbons (Fsp3) is 0.294. The monoisotopic (exact) mass is 309 g/mol. The maximum atomic E-state index is 14.1. The van der Waals surface area contributed by atoms with Gasteiger partial charge in [0.15, 0.2) is 0 Å². The van der Waals surface area contributed by atoms with Gasteiger partial charge < -0.3 is 5.32 Å². The van der Waals surface area contributed by atoms with Gasteiger partial charge in [0.1, 0.15) is 11.6 Å². The fourth-order valence-electron chi connectivity index (χ4n) is 2.37. The molecule has 1 unspecified atom stereocenters. The van der Waals surface area contributed by atoms with E-state index in [1.807, 2.05) is 19.9 Å². The molecule has 0 aliphatic heterocycles. The molecule has 1 atom stereocenters. The van der Waals surface area contributed by atoms with Crippen LogP contribution in [0.15, 0.2) is 36.4 Å². The Morgan fingerprint density at radius 2 is 1.86 bits per heavy atom. The highest BCUT2D eigenvalue weighted by Crippen LogP contribution is 2.25. The molecule has 2 aromatic carbocycles. The molecule has 0 aliphatic carbocycles. The van der Waals surface area contributed by atoms with Gasteiger partial charge in [0.05, 0.1) is 0 Å². The van der Waals surface area contributed by atoms with Crippen molar-refractivity contribution in [2.75, 3.05) is 6.54 Å². The summed E-state index contributed by atoms with van der Waals surface area (Å²) in [5.41, 5.74) is 1.88. The Kier molecular flexibility index (Phi) is 5.32. The van der Waals surface area contributed by atoms with E-state index in [2.05, 4.69) is 5.32 Å². The lowest BCUT2D eigenvalue weighted by atomic mass is 9.97. The smallest absolute Gasteiger partial charge is 0.128 e. The Labute approximate surface area is 128 Å². The molecular formula is C17H18ClF2N. The first-order valence-corrected chi connectivity index (χ1v) is 7.32. The maximum Gasteiger partial charge on any atom is 0.128 e. The van der Waals surface area contributed by atoms with Gasteiger partial charge in [-0.15, -0.1) is 0 Å². The molecule has 0 saturated heterocycles. The Bertz CT molecular complexity index is 628. The van der Waals surface area contributed by atoms with Gasteiger partial charge in [-0.05, 0) is 55.3 Å². The quantitative estimate of drug-likeness (QED) is 0.835. The van der Waals surface area contributed by atoms with E-state index < -0.39 is 0 Å². The van der Waals surface area contributed by atoms with Gasteiger partial charge in [-0.2, -0.15) is 0 Å². The SMILES string of the molecule is CCNC(Cc1cc(Cl)ccc1F)c1ccc(C)cc1F. The fourth-order valence-corrected chi connectivity index (χ4v) is 2.57. The van der Waals surface area contributed by atoms with Gasteiger partial charge >= 0.3 is 0 Å². The zero-order valence-electron chi connectivity index (χ0n) is 12.1. The Morgan fingerprint density at radius 3 is 2.52 bits per heavy atom. The Balaban J connectivity index is 2.32. The van der Waals surface area contributed by atoms with Crippen LogP contribution in [0, 0.1) is 18.6 Å². The highest BCUT2D eigenvalue weighted by atomic mass is 35.5. The minimum Gasteiger partial charge on any atom is -0.310 e. The van der Waals surface area contributed by atoms with E-state index in [0.717, 1.165) is 5.56 Å². The van der Waals surface area contributed by atoms with Crippen molar-refractivity contribution in [2.24, 2.45) is 0 Å². The molecule has 0 aliphatic rings. The number of aryl methyl sites for hydroxylation is 1. The zero-order chi connectivity index (χ0) is 15.4. The minimum atomic E-state index is -0.324. The van der Waals surface area contributed by atoms with E-state index in [-0.39, 0.29) is 17.7 Å². The van der Waals surface area contributed by atoms with Crippen LogP contribution >= 0.6 is 11.6 Å². The summed E-state index contributed by atoms with van der Waals surface area (Å²) >= 11 is 5.91. The van der Waals surface area contributed by atoms with Crippen molar-refractivity contribution >= 4 is 11.6 Å². The lowest BCUT2D eigenvalue weighted by molar-refractivity contribution is 0.498. The third kappa shape index (κ3) is 4.02. The third-order valence-corrected chi connectivity index (χ3v) is 3.65. The van der Waals surface area contributed by atoms with Gasteiger partial charge in [0.25, 0.3) is 0 Å². The maximum absolute atomic E-state index is 14.1. The number of rotatable bonds is 5. The van der Waals surface area contributed by atoms with E-state index >= 15 is 0 Å². The summed E-state index contributed by atoms with van der Waals surface area (Å²) in [5, 5.41) is 3.68. The molecule has 0 bridgehead atoms. The molecule has 0 aromatic heterocycles. The molecule has 2 rings (SSSR count). The summed E-state index contributed by atoms with van der Waals surface area (Å²) in [6, 6.07) is 9.25. The highest BCUT2D eigenvalue weighted by Gasteiger charge is 2.17. The molecule has 0 saturated carbocycles. The Hall–Kier alpha value is -1.45. The molecule has 112 valence electrons. The van der Waals surface area contributed by atoms with Gasteiger partial charge in [0.2, 0.25) is 0 Å². The molecule has 0 amide bonds. The van der Waals surface area contributed by atoms with Crippen LogP contribution in [0.2, 0.25) is 5.02 Å². The first kappa shape index (κ1) is 15.9. The summed E-state index contributed by atoms with van der Waals surface area (Å²) in [7, 11) is 0. The van der Waals surface area contributed by atoms with Crippen LogP contribution < -0.4 is 5.32 Å². The topological polar surface area (TPSA) is 12.0 Å².